The molecule has 0 radical (unpaired) electrons. The van der Waals surface area contributed by atoms with Crippen molar-refractivity contribution in [2.45, 2.75) is 56.9 Å². The maximum Gasteiger partial charge on any atom is 0.267 e. The van der Waals surface area contributed by atoms with Crippen LogP contribution >= 0.6 is 0 Å². The zero-order valence-electron chi connectivity index (χ0n) is 19.2. The molecule has 0 spiro atoms. The molecule has 1 N–H and O–H groups in total. The molecule has 1 fully saturated rings. The Morgan fingerprint density at radius 1 is 1.13 bits per heavy atom. The molecule has 8 heteroatoms. The highest BCUT2D eigenvalue weighted by Gasteiger charge is 2.23. The number of rotatable bonds is 9. The molecule has 1 aromatic carbocycles. The van der Waals surface area contributed by atoms with E-state index in [0.717, 1.165) is 17.4 Å². The predicted molar refractivity (Wildman–Crippen MR) is 125 cm³/mol. The molecule has 1 aromatic heterocycles. The lowest BCUT2D eigenvalue weighted by Crippen LogP contribution is -2.39. The zero-order valence-corrected chi connectivity index (χ0v) is 20.0. The summed E-state index contributed by atoms with van der Waals surface area (Å²) < 4.78 is 28.9. The van der Waals surface area contributed by atoms with Gasteiger partial charge < -0.3 is 14.8 Å². The van der Waals surface area contributed by atoms with Crippen LogP contribution in [0.25, 0.3) is 10.9 Å². The van der Waals surface area contributed by atoms with Crippen LogP contribution in [-0.2, 0) is 17.1 Å². The van der Waals surface area contributed by atoms with Gasteiger partial charge in [0.1, 0.15) is 5.69 Å². The van der Waals surface area contributed by atoms with Crippen molar-refractivity contribution < 1.29 is 13.2 Å². The van der Waals surface area contributed by atoms with E-state index in [-0.39, 0.29) is 10.8 Å². The molecular weight excluding hydrogens is 412 g/mol. The first-order valence-corrected chi connectivity index (χ1v) is 12.8. The second-order valence-electron chi connectivity index (χ2n) is 8.43. The molecule has 7 nitrogen and oxygen atoms in total. The lowest BCUT2D eigenvalue weighted by atomic mass is 9.94. The Bertz CT molecular complexity index is 1010. The molecule has 1 amide bonds. The van der Waals surface area contributed by atoms with Crippen molar-refractivity contribution in [3.05, 3.63) is 30.0 Å². The number of sulfonamides is 1. The standard InChI is InChI=1S/C23H36N4O3S/c1-5-27(6-2)31(29,30)20-12-13-21-18(16-20)17-22(26(21)4)23(28)24-14-15-25(3)19-10-8-7-9-11-19/h12-13,16-17,19H,5-11,14-15H2,1-4H3,(H,24,28). The van der Waals surface area contributed by atoms with Crippen LogP contribution in [0.2, 0.25) is 0 Å². The van der Waals surface area contributed by atoms with Gasteiger partial charge in [-0.05, 0) is 44.2 Å². The number of hydrogen-bond acceptors (Lipinski definition) is 4. The Balaban J connectivity index is 1.70. The summed E-state index contributed by atoms with van der Waals surface area (Å²) in [7, 11) is 0.440. The minimum atomic E-state index is -3.53. The van der Waals surface area contributed by atoms with Crippen LogP contribution in [0.5, 0.6) is 0 Å². The molecule has 172 valence electrons. The van der Waals surface area contributed by atoms with E-state index in [4.69, 9.17) is 0 Å². The van der Waals surface area contributed by atoms with Gasteiger partial charge in [-0.2, -0.15) is 4.31 Å². The largest absolute Gasteiger partial charge is 0.349 e. The van der Waals surface area contributed by atoms with Crippen molar-refractivity contribution in [1.29, 1.82) is 0 Å². The number of carbonyl (C=O) groups excluding carboxylic acids is 1. The first-order chi connectivity index (χ1) is 14.8. The summed E-state index contributed by atoms with van der Waals surface area (Å²) in [6.45, 7) is 5.93. The fraction of sp³-hybridized carbons (Fsp3) is 0.609. The van der Waals surface area contributed by atoms with Crippen molar-refractivity contribution in [2.75, 3.05) is 33.2 Å². The van der Waals surface area contributed by atoms with Crippen LogP contribution in [0.4, 0.5) is 0 Å². The molecule has 0 unspecified atom stereocenters. The Morgan fingerprint density at radius 3 is 2.45 bits per heavy atom. The van der Waals surface area contributed by atoms with E-state index in [0.29, 0.717) is 31.4 Å². The first-order valence-electron chi connectivity index (χ1n) is 11.4. The minimum absolute atomic E-state index is 0.135. The molecule has 1 saturated carbocycles. The summed E-state index contributed by atoms with van der Waals surface area (Å²) in [4.78, 5) is 15.4. The molecule has 2 aromatic rings. The van der Waals surface area contributed by atoms with Gasteiger partial charge in [0.2, 0.25) is 10.0 Å². The second-order valence-corrected chi connectivity index (χ2v) is 10.4. The summed E-state index contributed by atoms with van der Waals surface area (Å²) in [5.74, 6) is -0.135. The van der Waals surface area contributed by atoms with Crippen LogP contribution in [0.1, 0.15) is 56.4 Å². The number of aromatic nitrogens is 1. The fourth-order valence-corrected chi connectivity index (χ4v) is 6.05. The van der Waals surface area contributed by atoms with Gasteiger partial charge in [0.25, 0.3) is 5.91 Å². The average Bonchev–Trinajstić information content (AvgIpc) is 3.11. The van der Waals surface area contributed by atoms with Gasteiger partial charge in [-0.3, -0.25) is 4.79 Å². The smallest absolute Gasteiger partial charge is 0.267 e. The van der Waals surface area contributed by atoms with E-state index in [1.54, 1.807) is 24.3 Å². The predicted octanol–water partition coefficient (Wildman–Crippen LogP) is 3.20. The van der Waals surface area contributed by atoms with Gasteiger partial charge in [0.05, 0.1) is 4.90 Å². The van der Waals surface area contributed by atoms with Crippen molar-refractivity contribution in [2.24, 2.45) is 7.05 Å². The van der Waals surface area contributed by atoms with E-state index in [1.807, 2.05) is 25.5 Å². The van der Waals surface area contributed by atoms with Crippen LogP contribution in [0, 0.1) is 0 Å². The van der Waals surface area contributed by atoms with Gasteiger partial charge in [-0.15, -0.1) is 0 Å². The van der Waals surface area contributed by atoms with Gasteiger partial charge in [-0.1, -0.05) is 33.1 Å². The highest BCUT2D eigenvalue weighted by Crippen LogP contribution is 2.25. The summed E-state index contributed by atoms with van der Waals surface area (Å²) in [5, 5.41) is 3.77. The highest BCUT2D eigenvalue weighted by molar-refractivity contribution is 7.89. The maximum absolute atomic E-state index is 12.8. The molecule has 1 heterocycles. The molecule has 0 bridgehead atoms. The normalized spacial score (nSPS) is 15.8. The van der Waals surface area contributed by atoms with Crippen molar-refractivity contribution in [1.82, 2.24) is 19.1 Å². The summed E-state index contributed by atoms with van der Waals surface area (Å²) in [6, 6.07) is 7.46. The molecule has 0 atom stereocenters. The highest BCUT2D eigenvalue weighted by atomic mass is 32.2. The number of nitrogens with zero attached hydrogens (tertiary/aromatic N) is 3. The second kappa shape index (κ2) is 10.1. The number of amides is 1. The average molecular weight is 449 g/mol. The number of hydrogen-bond donors (Lipinski definition) is 1. The van der Waals surface area contributed by atoms with Gasteiger partial charge in [0.15, 0.2) is 0 Å². The third kappa shape index (κ3) is 5.13. The minimum Gasteiger partial charge on any atom is -0.349 e. The Labute approximate surface area is 186 Å². The summed E-state index contributed by atoms with van der Waals surface area (Å²) >= 11 is 0. The third-order valence-corrected chi connectivity index (χ3v) is 8.58. The van der Waals surface area contributed by atoms with E-state index in [9.17, 15) is 13.2 Å². The quantitative estimate of drug-likeness (QED) is 0.639. The first kappa shape index (κ1) is 23.8. The zero-order chi connectivity index (χ0) is 22.6. The number of nitrogens with one attached hydrogen (secondary N) is 1. The Hall–Kier alpha value is -1.90. The van der Waals surface area contributed by atoms with Crippen molar-refractivity contribution in [3.63, 3.8) is 0 Å². The molecule has 1 aliphatic rings. The van der Waals surface area contributed by atoms with Crippen molar-refractivity contribution in [3.8, 4) is 0 Å². The van der Waals surface area contributed by atoms with Crippen LogP contribution in [0.3, 0.4) is 0 Å². The third-order valence-electron chi connectivity index (χ3n) is 6.54. The Kier molecular flexibility index (Phi) is 7.78. The van der Waals surface area contributed by atoms with E-state index >= 15 is 0 Å². The van der Waals surface area contributed by atoms with Crippen LogP contribution in [-0.4, -0.2) is 67.4 Å². The Morgan fingerprint density at radius 2 is 1.81 bits per heavy atom. The van der Waals surface area contributed by atoms with Crippen LogP contribution in [0.15, 0.2) is 29.2 Å². The molecule has 3 rings (SSSR count). The van der Waals surface area contributed by atoms with Gasteiger partial charge in [-0.25, -0.2) is 8.42 Å². The molecule has 0 saturated heterocycles. The molecule has 31 heavy (non-hydrogen) atoms. The summed E-state index contributed by atoms with van der Waals surface area (Å²) in [5.41, 5.74) is 1.37. The number of likely N-dealkylation sites (N-methyl/N-ethyl adjacent to an activating group) is 1. The fourth-order valence-electron chi connectivity index (χ4n) is 4.56. The maximum atomic E-state index is 12.8. The number of aryl methyl sites for hydroxylation is 1. The SMILES string of the molecule is CCN(CC)S(=O)(=O)c1ccc2c(c1)cc(C(=O)NCCN(C)C1CCCCC1)n2C. The monoisotopic (exact) mass is 448 g/mol. The molecule has 1 aliphatic carbocycles. The van der Waals surface area contributed by atoms with Crippen molar-refractivity contribution >= 4 is 26.8 Å². The van der Waals surface area contributed by atoms with E-state index in [1.165, 1.54) is 36.4 Å². The van der Waals surface area contributed by atoms with E-state index < -0.39 is 10.0 Å². The number of benzene rings is 1. The lowest BCUT2D eigenvalue weighted by Gasteiger charge is -2.31. The molecule has 0 aliphatic heterocycles. The van der Waals surface area contributed by atoms with Gasteiger partial charge >= 0.3 is 0 Å². The topological polar surface area (TPSA) is 74.7 Å². The summed E-state index contributed by atoms with van der Waals surface area (Å²) in [6.07, 6.45) is 6.41. The number of carbonyl (C=O) groups is 1. The van der Waals surface area contributed by atoms with E-state index in [2.05, 4.69) is 17.3 Å². The molecular formula is C23H36N4O3S. The van der Waals surface area contributed by atoms with Gasteiger partial charge in [0, 0.05) is 50.2 Å². The lowest BCUT2D eigenvalue weighted by molar-refractivity contribution is 0.0937. The number of fused-ring (bicyclic) bond motifs is 1. The van der Waals surface area contributed by atoms with Crippen LogP contribution < -0.4 is 5.32 Å².